The predicted molar refractivity (Wildman–Crippen MR) is 118 cm³/mol. The second-order valence-electron chi connectivity index (χ2n) is 7.77. The molecule has 0 saturated carbocycles. The largest absolute Gasteiger partial charge is 0.405 e. The van der Waals surface area contributed by atoms with E-state index in [-0.39, 0.29) is 6.10 Å². The van der Waals surface area contributed by atoms with E-state index >= 15 is 0 Å². The van der Waals surface area contributed by atoms with Gasteiger partial charge >= 0.3 is 0 Å². The lowest BCUT2D eigenvalue weighted by molar-refractivity contribution is 0.112. The van der Waals surface area contributed by atoms with Crippen LogP contribution in [0.25, 0.3) is 0 Å². The van der Waals surface area contributed by atoms with Crippen molar-refractivity contribution in [2.24, 2.45) is 0 Å². The average Bonchev–Trinajstić information content (AvgIpc) is 3.03. The summed E-state index contributed by atoms with van der Waals surface area (Å²) in [7, 11) is -2.07. The van der Waals surface area contributed by atoms with Crippen molar-refractivity contribution in [1.82, 2.24) is 0 Å². The van der Waals surface area contributed by atoms with E-state index in [9.17, 15) is 4.79 Å². The first-order chi connectivity index (χ1) is 12.2. The summed E-state index contributed by atoms with van der Waals surface area (Å²) in [6.07, 6.45) is 0.778. The fraction of sp³-hybridized carbons (Fsp3) is 0.476. The summed E-state index contributed by atoms with van der Waals surface area (Å²) >= 11 is 5.07. The van der Waals surface area contributed by atoms with E-state index < -0.39 is 8.32 Å². The maximum Gasteiger partial charge on any atom is 0.201 e. The Hall–Kier alpha value is -0.753. The number of carbonyl (C=O) groups excluding carboxylic acids is 1. The number of benzene rings is 1. The van der Waals surface area contributed by atoms with Crippen LogP contribution in [0, 0.1) is 0 Å². The molecule has 2 aromatic rings. The van der Waals surface area contributed by atoms with E-state index in [1.165, 1.54) is 11.3 Å². The van der Waals surface area contributed by atoms with Crippen molar-refractivity contribution >= 4 is 41.9 Å². The van der Waals surface area contributed by atoms with Gasteiger partial charge in [0.1, 0.15) is 0 Å². The van der Waals surface area contributed by atoms with Gasteiger partial charge in [-0.15, -0.1) is 11.3 Å². The molecule has 1 heterocycles. The molecule has 2 nitrogen and oxygen atoms in total. The standard InChI is InChI=1S/C21H29BrO2SSi/c1-14(2)26(15(3)4,16(5)6)24-21(17-8-7-9-19(22)10-17)18-11-20(12-23)25-13-18/h7-16,21H,1-6H3. The second kappa shape index (κ2) is 8.96. The van der Waals surface area contributed by atoms with E-state index in [0.717, 1.165) is 26.8 Å². The number of thiophene rings is 1. The van der Waals surface area contributed by atoms with Gasteiger partial charge in [-0.25, -0.2) is 0 Å². The molecule has 0 saturated heterocycles. The fourth-order valence-electron chi connectivity index (χ4n) is 4.18. The summed E-state index contributed by atoms with van der Waals surface area (Å²) in [6.45, 7) is 13.8. The number of aldehydes is 1. The molecule has 1 aromatic heterocycles. The molecule has 1 aromatic carbocycles. The lowest BCUT2D eigenvalue weighted by Gasteiger charge is -2.44. The molecule has 0 aliphatic rings. The Balaban J connectivity index is 2.57. The van der Waals surface area contributed by atoms with Crippen LogP contribution in [0.4, 0.5) is 0 Å². The molecule has 0 radical (unpaired) electrons. The molecule has 1 unspecified atom stereocenters. The smallest absolute Gasteiger partial charge is 0.201 e. The van der Waals surface area contributed by atoms with Crippen molar-refractivity contribution in [2.75, 3.05) is 0 Å². The fourth-order valence-corrected chi connectivity index (χ4v) is 10.8. The Morgan fingerprint density at radius 3 is 2.08 bits per heavy atom. The Kier molecular flexibility index (Phi) is 7.42. The summed E-state index contributed by atoms with van der Waals surface area (Å²) in [5.74, 6) is 0. The minimum atomic E-state index is -2.07. The minimum Gasteiger partial charge on any atom is -0.405 e. The first kappa shape index (κ1) is 21.5. The lowest BCUT2D eigenvalue weighted by atomic mass is 10.0. The highest BCUT2D eigenvalue weighted by Crippen LogP contribution is 2.47. The van der Waals surface area contributed by atoms with Gasteiger partial charge in [0.05, 0.1) is 11.0 Å². The van der Waals surface area contributed by atoms with Gasteiger partial charge in [-0.1, -0.05) is 69.6 Å². The molecule has 26 heavy (non-hydrogen) atoms. The summed E-state index contributed by atoms with van der Waals surface area (Å²) < 4.78 is 8.16. The van der Waals surface area contributed by atoms with E-state index in [1.54, 1.807) is 0 Å². The SMILES string of the molecule is CC(C)[Si](OC(c1cccc(Br)c1)c1csc(C=O)c1)(C(C)C)C(C)C. The average molecular weight is 454 g/mol. The Morgan fingerprint density at radius 1 is 1.00 bits per heavy atom. The first-order valence-corrected chi connectivity index (χ1v) is 13.0. The van der Waals surface area contributed by atoms with E-state index in [0.29, 0.717) is 16.6 Å². The molecule has 0 spiro atoms. The zero-order valence-corrected chi connectivity index (χ0v) is 19.9. The zero-order chi connectivity index (χ0) is 19.5. The Bertz CT molecular complexity index is 717. The van der Waals surface area contributed by atoms with Gasteiger partial charge in [0, 0.05) is 4.47 Å². The molecular formula is C21H29BrO2SSi. The molecule has 0 bridgehead atoms. The van der Waals surface area contributed by atoms with Crippen molar-refractivity contribution in [3.8, 4) is 0 Å². The van der Waals surface area contributed by atoms with Gasteiger partial charge in [0.15, 0.2) is 6.29 Å². The van der Waals surface area contributed by atoms with Crippen LogP contribution in [0.1, 0.15) is 68.4 Å². The van der Waals surface area contributed by atoms with Crippen LogP contribution >= 0.6 is 27.3 Å². The molecular weight excluding hydrogens is 424 g/mol. The van der Waals surface area contributed by atoms with Gasteiger partial charge in [-0.05, 0) is 51.3 Å². The van der Waals surface area contributed by atoms with Crippen LogP contribution in [-0.2, 0) is 4.43 Å². The van der Waals surface area contributed by atoms with Gasteiger partial charge in [-0.2, -0.15) is 0 Å². The van der Waals surface area contributed by atoms with Gasteiger partial charge in [0.25, 0.3) is 0 Å². The van der Waals surface area contributed by atoms with E-state index in [1.807, 2.05) is 18.2 Å². The van der Waals surface area contributed by atoms with Crippen molar-refractivity contribution in [3.05, 3.63) is 56.2 Å². The van der Waals surface area contributed by atoms with Crippen LogP contribution < -0.4 is 0 Å². The summed E-state index contributed by atoms with van der Waals surface area (Å²) in [5.41, 5.74) is 3.71. The molecule has 142 valence electrons. The molecule has 0 aliphatic heterocycles. The zero-order valence-electron chi connectivity index (χ0n) is 16.5. The molecule has 1 atom stereocenters. The van der Waals surface area contributed by atoms with Gasteiger partial charge in [0.2, 0.25) is 8.32 Å². The third-order valence-corrected chi connectivity index (χ3v) is 12.7. The number of halogens is 1. The Morgan fingerprint density at radius 2 is 1.62 bits per heavy atom. The molecule has 0 aliphatic carbocycles. The van der Waals surface area contributed by atoms with Crippen LogP contribution in [-0.4, -0.2) is 14.6 Å². The maximum absolute atomic E-state index is 11.2. The normalized spacial score (nSPS) is 13.6. The molecule has 0 fully saturated rings. The van der Waals surface area contributed by atoms with Gasteiger partial charge in [-0.3, -0.25) is 4.79 Å². The quantitative estimate of drug-likeness (QED) is 0.304. The summed E-state index contributed by atoms with van der Waals surface area (Å²) in [4.78, 5) is 12.0. The monoisotopic (exact) mass is 452 g/mol. The number of rotatable bonds is 8. The molecule has 0 amide bonds. The summed E-state index contributed by atoms with van der Waals surface area (Å²) in [5, 5.41) is 2.06. The predicted octanol–water partition coefficient (Wildman–Crippen LogP) is 7.60. The highest BCUT2D eigenvalue weighted by atomic mass is 79.9. The third kappa shape index (κ3) is 4.38. The van der Waals surface area contributed by atoms with Crippen molar-refractivity contribution < 1.29 is 9.22 Å². The van der Waals surface area contributed by atoms with E-state index in [4.69, 9.17) is 4.43 Å². The van der Waals surface area contributed by atoms with Gasteiger partial charge < -0.3 is 4.43 Å². The topological polar surface area (TPSA) is 26.3 Å². The highest BCUT2D eigenvalue weighted by Gasteiger charge is 2.47. The van der Waals surface area contributed by atoms with Crippen molar-refractivity contribution in [2.45, 2.75) is 64.3 Å². The number of hydrogen-bond donors (Lipinski definition) is 0. The summed E-state index contributed by atoms with van der Waals surface area (Å²) in [6, 6.07) is 10.3. The molecule has 5 heteroatoms. The van der Waals surface area contributed by atoms with Crippen LogP contribution in [0.15, 0.2) is 40.2 Å². The highest BCUT2D eigenvalue weighted by molar-refractivity contribution is 9.10. The minimum absolute atomic E-state index is 0.142. The number of carbonyl (C=O) groups is 1. The van der Waals surface area contributed by atoms with Crippen molar-refractivity contribution in [3.63, 3.8) is 0 Å². The second-order valence-corrected chi connectivity index (χ2v) is 15.0. The van der Waals surface area contributed by atoms with Crippen LogP contribution in [0.3, 0.4) is 0 Å². The van der Waals surface area contributed by atoms with Crippen LogP contribution in [0.2, 0.25) is 16.6 Å². The van der Waals surface area contributed by atoms with Crippen LogP contribution in [0.5, 0.6) is 0 Å². The number of hydrogen-bond acceptors (Lipinski definition) is 3. The van der Waals surface area contributed by atoms with Crippen molar-refractivity contribution in [1.29, 1.82) is 0 Å². The third-order valence-electron chi connectivity index (χ3n) is 5.24. The molecule has 0 N–H and O–H groups in total. The lowest BCUT2D eigenvalue weighted by Crippen LogP contribution is -2.48. The Labute approximate surface area is 171 Å². The van der Waals surface area contributed by atoms with E-state index in [2.05, 4.69) is 75.0 Å². The molecule has 2 rings (SSSR count). The first-order valence-electron chi connectivity index (χ1n) is 9.19. The maximum atomic E-state index is 11.2.